The van der Waals surface area contributed by atoms with E-state index < -0.39 is 0 Å². The Morgan fingerprint density at radius 2 is 1.79 bits per heavy atom. The number of hydrogen-bond donors (Lipinski definition) is 1. The summed E-state index contributed by atoms with van der Waals surface area (Å²) in [7, 11) is 0. The van der Waals surface area contributed by atoms with E-state index >= 15 is 0 Å². The summed E-state index contributed by atoms with van der Waals surface area (Å²) in [6.45, 7) is 12.1. The summed E-state index contributed by atoms with van der Waals surface area (Å²) >= 11 is 0. The lowest BCUT2D eigenvalue weighted by Gasteiger charge is -2.42. The molecule has 0 amide bonds. The molecule has 0 aliphatic carbocycles. The molecule has 1 saturated heterocycles. The monoisotopic (exact) mass is 199 g/mol. The van der Waals surface area contributed by atoms with Crippen molar-refractivity contribution in [1.82, 2.24) is 4.90 Å². The van der Waals surface area contributed by atoms with Crippen molar-refractivity contribution < 1.29 is 5.11 Å². The van der Waals surface area contributed by atoms with Gasteiger partial charge in [0, 0.05) is 19.6 Å². The van der Waals surface area contributed by atoms with E-state index in [4.69, 9.17) is 0 Å². The van der Waals surface area contributed by atoms with Gasteiger partial charge in [-0.05, 0) is 24.2 Å². The van der Waals surface area contributed by atoms with Crippen LogP contribution in [0.25, 0.3) is 0 Å². The summed E-state index contributed by atoms with van der Waals surface area (Å²) in [6.07, 6.45) is 0.811. The van der Waals surface area contributed by atoms with Gasteiger partial charge in [0.15, 0.2) is 0 Å². The Morgan fingerprint density at radius 1 is 1.21 bits per heavy atom. The van der Waals surface area contributed by atoms with Crippen LogP contribution in [0.5, 0.6) is 0 Å². The molecule has 0 bridgehead atoms. The molecule has 1 rings (SSSR count). The molecule has 1 N–H and O–H groups in total. The molecular formula is C12H25NO. The van der Waals surface area contributed by atoms with Crippen molar-refractivity contribution in [3.63, 3.8) is 0 Å². The van der Waals surface area contributed by atoms with Gasteiger partial charge < -0.3 is 10.0 Å². The van der Waals surface area contributed by atoms with Crippen molar-refractivity contribution >= 4 is 0 Å². The van der Waals surface area contributed by atoms with Crippen LogP contribution in [0.1, 0.15) is 34.1 Å². The minimum atomic E-state index is -0.122. The van der Waals surface area contributed by atoms with Crippen molar-refractivity contribution in [2.45, 2.75) is 40.2 Å². The first kappa shape index (κ1) is 12.0. The predicted molar refractivity (Wildman–Crippen MR) is 60.2 cm³/mol. The molecule has 0 aromatic heterocycles. The summed E-state index contributed by atoms with van der Waals surface area (Å²) in [5.41, 5.74) is 0. The van der Waals surface area contributed by atoms with Gasteiger partial charge in [0.05, 0.1) is 6.10 Å². The van der Waals surface area contributed by atoms with E-state index in [2.05, 4.69) is 32.6 Å². The van der Waals surface area contributed by atoms with E-state index in [0.717, 1.165) is 24.8 Å². The summed E-state index contributed by atoms with van der Waals surface area (Å²) in [5.74, 6) is 2.27. The standard InChI is InChI=1S/C12H25NO/c1-9(2)5-12(14)8-13-6-11(7-13)10(3)4/h9-12,14H,5-8H2,1-4H3. The average Bonchev–Trinajstić information content (AvgIpc) is 1.93. The third-order valence-electron chi connectivity index (χ3n) is 3.14. The summed E-state index contributed by atoms with van der Waals surface area (Å²) in [5, 5.41) is 9.74. The Hall–Kier alpha value is -0.0800. The van der Waals surface area contributed by atoms with Crippen LogP contribution in [0, 0.1) is 17.8 Å². The molecule has 1 fully saturated rings. The molecule has 1 heterocycles. The maximum atomic E-state index is 9.74. The van der Waals surface area contributed by atoms with Gasteiger partial charge in [-0.1, -0.05) is 27.7 Å². The van der Waals surface area contributed by atoms with E-state index in [1.54, 1.807) is 0 Å². The topological polar surface area (TPSA) is 23.5 Å². The Labute approximate surface area is 88.3 Å². The number of nitrogens with zero attached hydrogens (tertiary/aromatic N) is 1. The van der Waals surface area contributed by atoms with Crippen molar-refractivity contribution in [3.05, 3.63) is 0 Å². The number of β-amino-alcohol motifs (C(OH)–C–C–N with tert-alkyl or cyclic N) is 1. The SMILES string of the molecule is CC(C)CC(O)CN1CC(C(C)C)C1. The summed E-state index contributed by atoms with van der Waals surface area (Å²) < 4.78 is 0. The molecule has 0 radical (unpaired) electrons. The van der Waals surface area contributed by atoms with E-state index in [9.17, 15) is 5.11 Å². The lowest BCUT2D eigenvalue weighted by atomic mass is 9.88. The van der Waals surface area contributed by atoms with Gasteiger partial charge >= 0.3 is 0 Å². The second-order valence-electron chi connectivity index (χ2n) is 5.51. The van der Waals surface area contributed by atoms with E-state index in [0.29, 0.717) is 5.92 Å². The van der Waals surface area contributed by atoms with Crippen molar-refractivity contribution in [2.24, 2.45) is 17.8 Å². The fourth-order valence-corrected chi connectivity index (χ4v) is 2.10. The molecule has 0 spiro atoms. The number of rotatable bonds is 5. The fraction of sp³-hybridized carbons (Fsp3) is 1.00. The van der Waals surface area contributed by atoms with Crippen LogP contribution >= 0.6 is 0 Å². The van der Waals surface area contributed by atoms with Crippen molar-refractivity contribution in [2.75, 3.05) is 19.6 Å². The molecular weight excluding hydrogens is 174 g/mol. The Balaban J connectivity index is 2.10. The first-order valence-electron chi connectivity index (χ1n) is 5.89. The maximum Gasteiger partial charge on any atom is 0.0669 e. The molecule has 2 nitrogen and oxygen atoms in total. The molecule has 0 saturated carbocycles. The quantitative estimate of drug-likeness (QED) is 0.732. The largest absolute Gasteiger partial charge is 0.392 e. The molecule has 1 aliphatic rings. The molecule has 1 unspecified atom stereocenters. The van der Waals surface area contributed by atoms with Gasteiger partial charge in [0.25, 0.3) is 0 Å². The average molecular weight is 199 g/mol. The van der Waals surface area contributed by atoms with E-state index in [-0.39, 0.29) is 6.10 Å². The lowest BCUT2D eigenvalue weighted by molar-refractivity contribution is 0.0159. The Kier molecular flexibility index (Phi) is 4.39. The number of aliphatic hydroxyl groups excluding tert-OH is 1. The highest BCUT2D eigenvalue weighted by molar-refractivity contribution is 4.83. The normalized spacial score (nSPS) is 21.6. The Bertz CT molecular complexity index is 162. The number of hydrogen-bond acceptors (Lipinski definition) is 2. The van der Waals surface area contributed by atoms with Crippen LogP contribution in [-0.2, 0) is 0 Å². The van der Waals surface area contributed by atoms with Gasteiger partial charge in [-0.15, -0.1) is 0 Å². The highest BCUT2D eigenvalue weighted by Gasteiger charge is 2.29. The van der Waals surface area contributed by atoms with E-state index in [1.165, 1.54) is 13.1 Å². The summed E-state index contributed by atoms with van der Waals surface area (Å²) in [6, 6.07) is 0. The van der Waals surface area contributed by atoms with Crippen molar-refractivity contribution in [1.29, 1.82) is 0 Å². The molecule has 1 aliphatic heterocycles. The molecule has 0 aromatic rings. The lowest BCUT2D eigenvalue weighted by Crippen LogP contribution is -2.51. The first-order chi connectivity index (χ1) is 6.49. The second kappa shape index (κ2) is 5.13. The molecule has 14 heavy (non-hydrogen) atoms. The summed E-state index contributed by atoms with van der Waals surface area (Å²) in [4.78, 5) is 2.37. The highest BCUT2D eigenvalue weighted by atomic mass is 16.3. The zero-order valence-electron chi connectivity index (χ0n) is 10.0. The third-order valence-corrected chi connectivity index (χ3v) is 3.14. The van der Waals surface area contributed by atoms with Crippen LogP contribution < -0.4 is 0 Å². The van der Waals surface area contributed by atoms with Gasteiger partial charge in [0.1, 0.15) is 0 Å². The van der Waals surface area contributed by atoms with Crippen LogP contribution in [0.15, 0.2) is 0 Å². The molecule has 1 atom stereocenters. The Morgan fingerprint density at radius 3 is 2.21 bits per heavy atom. The smallest absolute Gasteiger partial charge is 0.0669 e. The maximum absolute atomic E-state index is 9.74. The van der Waals surface area contributed by atoms with E-state index in [1.807, 2.05) is 0 Å². The van der Waals surface area contributed by atoms with Gasteiger partial charge in [0.2, 0.25) is 0 Å². The first-order valence-corrected chi connectivity index (χ1v) is 5.89. The number of aliphatic hydroxyl groups is 1. The van der Waals surface area contributed by atoms with Crippen LogP contribution in [0.3, 0.4) is 0 Å². The minimum absolute atomic E-state index is 0.122. The van der Waals surface area contributed by atoms with Crippen molar-refractivity contribution in [3.8, 4) is 0 Å². The third kappa shape index (κ3) is 3.58. The van der Waals surface area contributed by atoms with Crippen LogP contribution in [-0.4, -0.2) is 35.7 Å². The van der Waals surface area contributed by atoms with Gasteiger partial charge in [-0.2, -0.15) is 0 Å². The van der Waals surface area contributed by atoms with Gasteiger partial charge in [-0.25, -0.2) is 0 Å². The van der Waals surface area contributed by atoms with Gasteiger partial charge in [-0.3, -0.25) is 0 Å². The fourth-order valence-electron chi connectivity index (χ4n) is 2.10. The second-order valence-corrected chi connectivity index (χ2v) is 5.51. The predicted octanol–water partition coefficient (Wildman–Crippen LogP) is 1.98. The molecule has 0 aromatic carbocycles. The van der Waals surface area contributed by atoms with Crippen LogP contribution in [0.2, 0.25) is 0 Å². The highest BCUT2D eigenvalue weighted by Crippen LogP contribution is 2.23. The zero-order valence-corrected chi connectivity index (χ0v) is 10.0. The van der Waals surface area contributed by atoms with Crippen LogP contribution in [0.4, 0.5) is 0 Å². The zero-order chi connectivity index (χ0) is 10.7. The number of likely N-dealkylation sites (tertiary alicyclic amines) is 1. The molecule has 2 heteroatoms. The molecule has 84 valence electrons. The minimum Gasteiger partial charge on any atom is -0.392 e.